The summed E-state index contributed by atoms with van der Waals surface area (Å²) in [7, 11) is 0. The zero-order valence-corrected chi connectivity index (χ0v) is 17.2. The van der Waals surface area contributed by atoms with E-state index in [2.05, 4.69) is 12.2 Å². The Hall–Kier alpha value is -1.46. The van der Waals surface area contributed by atoms with Crippen LogP contribution in [0.5, 0.6) is 0 Å². The van der Waals surface area contributed by atoms with Crippen molar-refractivity contribution < 1.29 is 9.53 Å². The number of hydrogen-bond acceptors (Lipinski definition) is 4. The highest BCUT2D eigenvalue weighted by atomic mass is 32.1. The van der Waals surface area contributed by atoms with Gasteiger partial charge in [-0.05, 0) is 44.9 Å². The molecule has 1 aromatic carbocycles. The summed E-state index contributed by atoms with van der Waals surface area (Å²) in [5, 5.41) is 4.08. The molecule has 2 aromatic rings. The Morgan fingerprint density at radius 2 is 1.96 bits per heavy atom. The van der Waals surface area contributed by atoms with Crippen LogP contribution in [0.15, 0.2) is 18.2 Å². The molecule has 0 saturated carbocycles. The number of benzene rings is 1. The number of carbonyl (C=O) groups excluding carboxylic acids is 1. The quantitative estimate of drug-likeness (QED) is 0.508. The molecule has 0 atom stereocenters. The molecule has 5 heteroatoms. The first-order valence-corrected chi connectivity index (χ1v) is 10.7. The Kier molecular flexibility index (Phi) is 9.06. The Bertz CT molecular complexity index is 682. The van der Waals surface area contributed by atoms with Gasteiger partial charge in [0.1, 0.15) is 0 Å². The first-order valence-electron chi connectivity index (χ1n) is 9.89. The Morgan fingerprint density at radius 3 is 2.73 bits per heavy atom. The number of thiazole rings is 1. The number of nitrogens with zero attached hydrogens (tertiary/aromatic N) is 1. The number of aromatic nitrogens is 1. The summed E-state index contributed by atoms with van der Waals surface area (Å²) in [6, 6.07) is 5.77. The van der Waals surface area contributed by atoms with Crippen molar-refractivity contribution in [1.82, 2.24) is 10.3 Å². The highest BCUT2D eigenvalue weighted by molar-refractivity contribution is 7.18. The van der Waals surface area contributed by atoms with E-state index in [1.54, 1.807) is 11.3 Å². The minimum absolute atomic E-state index is 0.0508. The normalized spacial score (nSPS) is 11.4. The minimum atomic E-state index is -0.0508. The van der Waals surface area contributed by atoms with Crippen molar-refractivity contribution in [3.63, 3.8) is 0 Å². The average Bonchev–Trinajstić information content (AvgIpc) is 3.03. The fraction of sp³-hybridized carbons (Fsp3) is 0.619. The molecule has 4 nitrogen and oxygen atoms in total. The van der Waals surface area contributed by atoms with Crippen LogP contribution < -0.4 is 5.32 Å². The van der Waals surface area contributed by atoms with Gasteiger partial charge >= 0.3 is 0 Å². The monoisotopic (exact) mass is 376 g/mol. The molecule has 26 heavy (non-hydrogen) atoms. The lowest BCUT2D eigenvalue weighted by Crippen LogP contribution is -2.27. The van der Waals surface area contributed by atoms with Crippen LogP contribution in [0.1, 0.15) is 74.7 Å². The van der Waals surface area contributed by atoms with E-state index in [1.165, 1.54) is 43.5 Å². The fourth-order valence-electron chi connectivity index (χ4n) is 2.84. The third-order valence-corrected chi connectivity index (χ3v) is 5.36. The molecule has 1 heterocycles. The van der Waals surface area contributed by atoms with Crippen molar-refractivity contribution in [2.24, 2.45) is 0 Å². The van der Waals surface area contributed by atoms with Crippen molar-refractivity contribution in [2.75, 3.05) is 13.2 Å². The van der Waals surface area contributed by atoms with Crippen LogP contribution in [-0.4, -0.2) is 30.1 Å². The summed E-state index contributed by atoms with van der Waals surface area (Å²) >= 11 is 1.71. The number of ether oxygens (including phenoxy) is 1. The zero-order chi connectivity index (χ0) is 18.8. The van der Waals surface area contributed by atoms with E-state index in [0.717, 1.165) is 16.6 Å². The summed E-state index contributed by atoms with van der Waals surface area (Å²) < 4.78 is 6.54. The molecule has 0 unspecified atom stereocenters. The van der Waals surface area contributed by atoms with E-state index in [-0.39, 0.29) is 12.0 Å². The molecule has 0 radical (unpaired) electrons. The average molecular weight is 377 g/mol. The van der Waals surface area contributed by atoms with Gasteiger partial charge in [0.05, 0.1) is 27.9 Å². The first kappa shape index (κ1) is 20.8. The Labute approximate surface area is 161 Å². The zero-order valence-electron chi connectivity index (χ0n) is 16.3. The van der Waals surface area contributed by atoms with Crippen molar-refractivity contribution in [3.8, 4) is 0 Å². The molecule has 0 aliphatic rings. The first-order chi connectivity index (χ1) is 12.6. The summed E-state index contributed by atoms with van der Waals surface area (Å²) in [4.78, 5) is 17.0. The van der Waals surface area contributed by atoms with E-state index in [1.807, 2.05) is 32.0 Å². The molecule has 2 rings (SSSR count). The number of aryl methyl sites for hydroxylation is 1. The Morgan fingerprint density at radius 1 is 1.19 bits per heavy atom. The lowest BCUT2D eigenvalue weighted by atomic mass is 10.1. The highest BCUT2D eigenvalue weighted by Gasteiger charge is 2.09. The Balaban J connectivity index is 1.83. The van der Waals surface area contributed by atoms with E-state index in [9.17, 15) is 4.79 Å². The third kappa shape index (κ3) is 7.04. The molecule has 1 aromatic heterocycles. The molecule has 0 aliphatic carbocycles. The predicted octanol–water partition coefficient (Wildman–Crippen LogP) is 5.35. The standard InChI is InChI=1S/C21H32N2O2S/c1-4-5-6-7-8-9-10-20-23-18-12-11-17(15-19(18)26-20)21(24)22-13-14-25-16(2)3/h11-12,15-16H,4-10,13-14H2,1-3H3,(H,22,24). The van der Waals surface area contributed by atoms with Gasteiger partial charge in [0, 0.05) is 12.1 Å². The van der Waals surface area contributed by atoms with Crippen LogP contribution in [0, 0.1) is 0 Å². The van der Waals surface area contributed by atoms with Crippen LogP contribution in [0.4, 0.5) is 0 Å². The van der Waals surface area contributed by atoms with Gasteiger partial charge < -0.3 is 10.1 Å². The number of rotatable bonds is 12. The van der Waals surface area contributed by atoms with Crippen LogP contribution in [0.25, 0.3) is 10.2 Å². The molecular weight excluding hydrogens is 344 g/mol. The number of nitrogens with one attached hydrogen (secondary N) is 1. The van der Waals surface area contributed by atoms with Crippen molar-refractivity contribution >= 4 is 27.5 Å². The molecule has 144 valence electrons. The van der Waals surface area contributed by atoms with Gasteiger partial charge in [-0.25, -0.2) is 4.98 Å². The van der Waals surface area contributed by atoms with Crippen LogP contribution >= 0.6 is 11.3 Å². The van der Waals surface area contributed by atoms with Crippen LogP contribution in [0.3, 0.4) is 0 Å². The SMILES string of the molecule is CCCCCCCCc1nc2ccc(C(=O)NCCOC(C)C)cc2s1. The van der Waals surface area contributed by atoms with Gasteiger partial charge in [-0.1, -0.05) is 39.0 Å². The minimum Gasteiger partial charge on any atom is -0.377 e. The van der Waals surface area contributed by atoms with Gasteiger partial charge in [0.2, 0.25) is 0 Å². The molecule has 0 fully saturated rings. The molecule has 1 N–H and O–H groups in total. The molecule has 0 bridgehead atoms. The summed E-state index contributed by atoms with van der Waals surface area (Å²) in [5.41, 5.74) is 1.69. The van der Waals surface area contributed by atoms with E-state index in [4.69, 9.17) is 9.72 Å². The van der Waals surface area contributed by atoms with E-state index in [0.29, 0.717) is 18.7 Å². The fourth-order valence-corrected chi connectivity index (χ4v) is 3.89. The third-order valence-electron chi connectivity index (χ3n) is 4.28. The van der Waals surface area contributed by atoms with Gasteiger partial charge in [-0.3, -0.25) is 4.79 Å². The van der Waals surface area contributed by atoms with Crippen LogP contribution in [0.2, 0.25) is 0 Å². The van der Waals surface area contributed by atoms with Crippen LogP contribution in [-0.2, 0) is 11.2 Å². The second kappa shape index (κ2) is 11.3. The molecule has 0 saturated heterocycles. The maximum atomic E-state index is 12.3. The molecule has 1 amide bonds. The summed E-state index contributed by atoms with van der Waals surface area (Å²) in [6.07, 6.45) is 9.01. The summed E-state index contributed by atoms with van der Waals surface area (Å²) in [5.74, 6) is -0.0508. The second-order valence-corrected chi connectivity index (χ2v) is 8.10. The van der Waals surface area contributed by atoms with Gasteiger partial charge in [-0.2, -0.15) is 0 Å². The number of carbonyl (C=O) groups is 1. The molecule has 0 aliphatic heterocycles. The van der Waals surface area contributed by atoms with Gasteiger partial charge in [0.25, 0.3) is 5.91 Å². The van der Waals surface area contributed by atoms with Gasteiger partial charge in [-0.15, -0.1) is 11.3 Å². The number of amides is 1. The molecular formula is C21H32N2O2S. The number of fused-ring (bicyclic) bond motifs is 1. The summed E-state index contributed by atoms with van der Waals surface area (Å²) in [6.45, 7) is 7.29. The predicted molar refractivity (Wildman–Crippen MR) is 110 cm³/mol. The van der Waals surface area contributed by atoms with Crippen molar-refractivity contribution in [3.05, 3.63) is 28.8 Å². The van der Waals surface area contributed by atoms with Crippen molar-refractivity contribution in [1.29, 1.82) is 0 Å². The lowest BCUT2D eigenvalue weighted by Gasteiger charge is -2.08. The van der Waals surface area contributed by atoms with Gasteiger partial charge in [0.15, 0.2) is 0 Å². The molecule has 0 spiro atoms. The topological polar surface area (TPSA) is 51.2 Å². The van der Waals surface area contributed by atoms with E-state index < -0.39 is 0 Å². The van der Waals surface area contributed by atoms with Crippen molar-refractivity contribution in [2.45, 2.75) is 71.8 Å². The lowest BCUT2D eigenvalue weighted by molar-refractivity contribution is 0.0746. The maximum Gasteiger partial charge on any atom is 0.251 e. The second-order valence-electron chi connectivity index (χ2n) is 6.98. The maximum absolute atomic E-state index is 12.3. The highest BCUT2D eigenvalue weighted by Crippen LogP contribution is 2.24. The van der Waals surface area contributed by atoms with E-state index >= 15 is 0 Å². The number of unbranched alkanes of at least 4 members (excludes halogenated alkanes) is 5. The smallest absolute Gasteiger partial charge is 0.251 e. The number of hydrogen-bond donors (Lipinski definition) is 1. The largest absolute Gasteiger partial charge is 0.377 e.